The molecule has 1 aromatic carbocycles. The van der Waals surface area contributed by atoms with Gasteiger partial charge in [0.15, 0.2) is 0 Å². The van der Waals surface area contributed by atoms with E-state index in [1.807, 2.05) is 6.07 Å². The Bertz CT molecular complexity index is 932. The molecule has 1 N–H and O–H groups in total. The maximum atomic E-state index is 14.1. The van der Waals surface area contributed by atoms with Crippen LogP contribution in [0, 0.1) is 23.6 Å². The number of piperidine rings is 1. The zero-order valence-corrected chi connectivity index (χ0v) is 17.5. The number of carbonyl (C=O) groups is 1. The molecule has 1 amide bonds. The number of hydrogen-bond acceptors (Lipinski definition) is 5. The van der Waals surface area contributed by atoms with E-state index < -0.39 is 0 Å². The van der Waals surface area contributed by atoms with Crippen LogP contribution in [0.25, 0.3) is 0 Å². The summed E-state index contributed by atoms with van der Waals surface area (Å²) in [5, 5.41) is 1.97. The molecule has 2 fully saturated rings. The predicted octanol–water partition coefficient (Wildman–Crippen LogP) is 3.61. The number of amides is 1. The van der Waals surface area contributed by atoms with Crippen molar-refractivity contribution in [3.05, 3.63) is 47.0 Å². The lowest BCUT2D eigenvalue weighted by Crippen LogP contribution is -2.41. The number of hydrogen-bond donors (Lipinski definition) is 1. The van der Waals surface area contributed by atoms with Crippen molar-refractivity contribution in [2.45, 2.75) is 32.1 Å². The molecule has 6 nitrogen and oxygen atoms in total. The second-order valence-corrected chi connectivity index (χ2v) is 8.97. The Morgan fingerprint density at radius 2 is 1.97 bits per heavy atom. The van der Waals surface area contributed by atoms with Gasteiger partial charge in [0.25, 0.3) is 0 Å². The highest BCUT2D eigenvalue weighted by molar-refractivity contribution is 6.30. The van der Waals surface area contributed by atoms with E-state index in [2.05, 4.69) is 20.3 Å². The van der Waals surface area contributed by atoms with E-state index in [0.717, 1.165) is 55.7 Å². The minimum Gasteiger partial charge on any atom is -0.341 e. The Kier molecular flexibility index (Phi) is 5.33. The van der Waals surface area contributed by atoms with Gasteiger partial charge in [-0.25, -0.2) is 24.8 Å². The molecule has 158 valence electrons. The summed E-state index contributed by atoms with van der Waals surface area (Å²) in [5.41, 5.74) is 4.32. The van der Waals surface area contributed by atoms with Crippen molar-refractivity contribution in [2.24, 2.45) is 17.8 Å². The van der Waals surface area contributed by atoms with Crippen LogP contribution in [0.15, 0.2) is 30.6 Å². The van der Waals surface area contributed by atoms with Crippen LogP contribution in [0.4, 0.5) is 16.0 Å². The normalized spacial score (nSPS) is 23.7. The Balaban J connectivity index is 1.08. The number of aromatic nitrogens is 2. The predicted molar refractivity (Wildman–Crippen MR) is 114 cm³/mol. The molecule has 2 atom stereocenters. The van der Waals surface area contributed by atoms with Gasteiger partial charge in [0.05, 0.1) is 23.8 Å². The zero-order chi connectivity index (χ0) is 20.7. The van der Waals surface area contributed by atoms with Crippen LogP contribution >= 0.6 is 11.6 Å². The standard InChI is InChI=1S/C22H25ClFN5O/c23-17-12-25-22(26-13-17)28-8-5-14(6-9-28)18-10-15(18)4-7-27-29-20(30)11-16-2-1-3-19(24)21(16)29/h1-3,12-15,18,27H,4-11H2/t15-,18-/m1/s1. The third-order valence-electron chi connectivity index (χ3n) is 6.68. The van der Waals surface area contributed by atoms with E-state index in [4.69, 9.17) is 11.6 Å². The van der Waals surface area contributed by atoms with Crippen molar-refractivity contribution in [1.82, 2.24) is 15.4 Å². The number of hydrazine groups is 1. The molecule has 0 bridgehead atoms. The van der Waals surface area contributed by atoms with Crippen LogP contribution in [-0.2, 0) is 11.2 Å². The van der Waals surface area contributed by atoms with E-state index in [0.29, 0.717) is 23.2 Å². The summed E-state index contributed by atoms with van der Waals surface area (Å²) in [6, 6.07) is 4.88. The molecule has 1 aliphatic carbocycles. The fraction of sp³-hybridized carbons (Fsp3) is 0.500. The SMILES string of the molecule is O=C1Cc2cccc(F)c2N1NCC[C@@H]1C[C@@H]1C1CCN(c2ncc(Cl)cn2)CC1. The van der Waals surface area contributed by atoms with Gasteiger partial charge in [0, 0.05) is 19.6 Å². The average Bonchev–Trinajstić information content (AvgIpc) is 3.45. The number of benzene rings is 1. The van der Waals surface area contributed by atoms with Gasteiger partial charge in [-0.15, -0.1) is 0 Å². The quantitative estimate of drug-likeness (QED) is 0.760. The highest BCUT2D eigenvalue weighted by atomic mass is 35.5. The van der Waals surface area contributed by atoms with Gasteiger partial charge in [-0.05, 0) is 55.1 Å². The van der Waals surface area contributed by atoms with Gasteiger partial charge < -0.3 is 4.90 Å². The first-order chi connectivity index (χ1) is 14.6. The van der Waals surface area contributed by atoms with Gasteiger partial charge in [0.1, 0.15) is 11.5 Å². The molecule has 8 heteroatoms. The lowest BCUT2D eigenvalue weighted by atomic mass is 9.90. The van der Waals surface area contributed by atoms with Crippen LogP contribution in [0.3, 0.4) is 0 Å². The number of para-hydroxylation sites is 1. The highest BCUT2D eigenvalue weighted by Crippen LogP contribution is 2.49. The number of nitrogens with one attached hydrogen (secondary N) is 1. The van der Waals surface area contributed by atoms with E-state index in [9.17, 15) is 9.18 Å². The minimum absolute atomic E-state index is 0.0840. The summed E-state index contributed by atoms with van der Waals surface area (Å²) < 4.78 is 14.1. The molecule has 0 spiro atoms. The van der Waals surface area contributed by atoms with Crippen molar-refractivity contribution < 1.29 is 9.18 Å². The molecule has 0 unspecified atom stereocenters. The first-order valence-electron chi connectivity index (χ1n) is 10.7. The first-order valence-corrected chi connectivity index (χ1v) is 11.0. The number of halogens is 2. The van der Waals surface area contributed by atoms with Crippen LogP contribution in [0.2, 0.25) is 5.02 Å². The summed E-state index contributed by atoms with van der Waals surface area (Å²) in [4.78, 5) is 23.1. The molecule has 3 aliphatic rings. The molecule has 5 rings (SSSR count). The zero-order valence-electron chi connectivity index (χ0n) is 16.7. The number of carbonyl (C=O) groups excluding carboxylic acids is 1. The summed E-state index contributed by atoms with van der Waals surface area (Å²) >= 11 is 5.87. The minimum atomic E-state index is -0.341. The van der Waals surface area contributed by atoms with E-state index in [1.165, 1.54) is 17.5 Å². The van der Waals surface area contributed by atoms with Crippen molar-refractivity contribution in [3.8, 4) is 0 Å². The van der Waals surface area contributed by atoms with E-state index in [1.54, 1.807) is 18.5 Å². The molecule has 30 heavy (non-hydrogen) atoms. The lowest BCUT2D eigenvalue weighted by Gasteiger charge is -2.32. The van der Waals surface area contributed by atoms with Gasteiger partial charge in [-0.2, -0.15) is 0 Å². The second-order valence-electron chi connectivity index (χ2n) is 8.54. The summed E-state index contributed by atoms with van der Waals surface area (Å²) in [6.07, 6.45) is 8.14. The third kappa shape index (κ3) is 3.88. The van der Waals surface area contributed by atoms with Gasteiger partial charge in [-0.3, -0.25) is 4.79 Å². The molecule has 1 saturated heterocycles. The van der Waals surface area contributed by atoms with E-state index in [-0.39, 0.29) is 18.1 Å². The van der Waals surface area contributed by atoms with Gasteiger partial charge >= 0.3 is 0 Å². The van der Waals surface area contributed by atoms with Crippen LogP contribution in [-0.4, -0.2) is 35.5 Å². The van der Waals surface area contributed by atoms with Crippen LogP contribution < -0.4 is 15.3 Å². The third-order valence-corrected chi connectivity index (χ3v) is 6.88. The van der Waals surface area contributed by atoms with Crippen molar-refractivity contribution in [1.29, 1.82) is 0 Å². The Morgan fingerprint density at radius 3 is 2.73 bits per heavy atom. The maximum Gasteiger partial charge on any atom is 0.245 e. The smallest absolute Gasteiger partial charge is 0.245 e. The monoisotopic (exact) mass is 429 g/mol. The molecule has 0 radical (unpaired) electrons. The van der Waals surface area contributed by atoms with Gasteiger partial charge in [0.2, 0.25) is 11.9 Å². The number of anilines is 2. The van der Waals surface area contributed by atoms with Crippen molar-refractivity contribution in [3.63, 3.8) is 0 Å². The molecule has 1 saturated carbocycles. The number of rotatable bonds is 6. The Labute approximate surface area is 180 Å². The van der Waals surface area contributed by atoms with Crippen LogP contribution in [0.1, 0.15) is 31.2 Å². The largest absolute Gasteiger partial charge is 0.341 e. The highest BCUT2D eigenvalue weighted by Gasteiger charge is 2.43. The number of nitrogens with zero attached hydrogens (tertiary/aromatic N) is 4. The summed E-state index contributed by atoms with van der Waals surface area (Å²) in [5.74, 6) is 2.53. The molecular formula is C22H25ClFN5O. The lowest BCUT2D eigenvalue weighted by molar-refractivity contribution is -0.118. The molecule has 2 aliphatic heterocycles. The van der Waals surface area contributed by atoms with Crippen LogP contribution in [0.5, 0.6) is 0 Å². The fourth-order valence-electron chi connectivity index (χ4n) is 5.03. The summed E-state index contributed by atoms with van der Waals surface area (Å²) in [6.45, 7) is 2.65. The fourth-order valence-corrected chi connectivity index (χ4v) is 5.12. The number of fused-ring (bicyclic) bond motifs is 1. The van der Waals surface area contributed by atoms with Crippen molar-refractivity contribution >= 4 is 29.1 Å². The maximum absolute atomic E-state index is 14.1. The molecule has 2 aromatic rings. The first kappa shape index (κ1) is 19.7. The Hall–Kier alpha value is -2.25. The second kappa shape index (κ2) is 8.12. The van der Waals surface area contributed by atoms with Gasteiger partial charge in [-0.1, -0.05) is 23.7 Å². The average molecular weight is 430 g/mol. The molecule has 3 heterocycles. The Morgan fingerprint density at radius 1 is 1.20 bits per heavy atom. The molecular weight excluding hydrogens is 405 g/mol. The molecule has 1 aromatic heterocycles. The topological polar surface area (TPSA) is 61.4 Å². The van der Waals surface area contributed by atoms with Crippen molar-refractivity contribution in [2.75, 3.05) is 29.5 Å². The summed E-state index contributed by atoms with van der Waals surface area (Å²) in [7, 11) is 0. The van der Waals surface area contributed by atoms with E-state index >= 15 is 0 Å².